The summed E-state index contributed by atoms with van der Waals surface area (Å²) in [5.41, 5.74) is 0.977. The summed E-state index contributed by atoms with van der Waals surface area (Å²) in [5, 5.41) is 11.7. The summed E-state index contributed by atoms with van der Waals surface area (Å²) in [6.45, 7) is 2.46. The van der Waals surface area contributed by atoms with E-state index >= 15 is 0 Å². The molecule has 0 aliphatic heterocycles. The van der Waals surface area contributed by atoms with Gasteiger partial charge in [0.05, 0.1) is 0 Å². The Morgan fingerprint density at radius 2 is 1.85 bits per heavy atom. The molecule has 26 heavy (non-hydrogen) atoms. The smallest absolute Gasteiger partial charge is 0.303 e. The molecule has 1 saturated carbocycles. The summed E-state index contributed by atoms with van der Waals surface area (Å²) in [4.78, 5) is 37.5. The molecule has 0 aromatic heterocycles. The highest BCUT2D eigenvalue weighted by Crippen LogP contribution is 2.24. The van der Waals surface area contributed by atoms with Crippen LogP contribution < -0.4 is 5.32 Å². The average Bonchev–Trinajstić information content (AvgIpc) is 3.15. The van der Waals surface area contributed by atoms with Gasteiger partial charge in [-0.15, -0.1) is 0 Å². The molecule has 0 heterocycles. The van der Waals surface area contributed by atoms with Gasteiger partial charge in [0.15, 0.2) is 0 Å². The van der Waals surface area contributed by atoms with Gasteiger partial charge in [0.1, 0.15) is 6.04 Å². The lowest BCUT2D eigenvalue weighted by Crippen LogP contribution is -2.48. The fourth-order valence-electron chi connectivity index (χ4n) is 3.35. The number of hydrogen-bond acceptors (Lipinski definition) is 3. The molecular weight excluding hydrogens is 332 g/mol. The molecule has 1 unspecified atom stereocenters. The van der Waals surface area contributed by atoms with Gasteiger partial charge in [-0.25, -0.2) is 0 Å². The quantitative estimate of drug-likeness (QED) is 0.709. The van der Waals surface area contributed by atoms with E-state index in [1.54, 1.807) is 11.8 Å². The zero-order valence-electron chi connectivity index (χ0n) is 15.3. The van der Waals surface area contributed by atoms with Crippen molar-refractivity contribution in [1.82, 2.24) is 10.2 Å². The predicted octanol–water partition coefficient (Wildman–Crippen LogP) is 2.57. The van der Waals surface area contributed by atoms with Crippen LogP contribution in [0.15, 0.2) is 30.3 Å². The maximum Gasteiger partial charge on any atom is 0.303 e. The average molecular weight is 360 g/mol. The van der Waals surface area contributed by atoms with Crippen LogP contribution in [-0.2, 0) is 20.9 Å². The highest BCUT2D eigenvalue weighted by Gasteiger charge is 2.27. The van der Waals surface area contributed by atoms with Crippen molar-refractivity contribution in [3.05, 3.63) is 35.9 Å². The Bertz CT molecular complexity index is 611. The fourth-order valence-corrected chi connectivity index (χ4v) is 3.35. The van der Waals surface area contributed by atoms with E-state index in [1.807, 2.05) is 30.3 Å². The van der Waals surface area contributed by atoms with Gasteiger partial charge in [0, 0.05) is 25.4 Å². The van der Waals surface area contributed by atoms with E-state index in [0.717, 1.165) is 31.2 Å². The zero-order valence-corrected chi connectivity index (χ0v) is 15.3. The number of benzene rings is 1. The van der Waals surface area contributed by atoms with Crippen LogP contribution >= 0.6 is 0 Å². The lowest BCUT2D eigenvalue weighted by Gasteiger charge is -2.27. The molecule has 2 rings (SSSR count). The van der Waals surface area contributed by atoms with Crippen molar-refractivity contribution in [2.75, 3.05) is 6.54 Å². The number of amides is 2. The lowest BCUT2D eigenvalue weighted by atomic mass is 10.1. The molecule has 2 N–H and O–H groups in total. The number of rotatable bonds is 9. The molecule has 1 fully saturated rings. The third-order valence-electron chi connectivity index (χ3n) is 4.80. The number of carbonyl (C=O) groups is 3. The third-order valence-corrected chi connectivity index (χ3v) is 4.80. The minimum Gasteiger partial charge on any atom is -0.481 e. The maximum atomic E-state index is 12.8. The van der Waals surface area contributed by atoms with Gasteiger partial charge in [-0.1, -0.05) is 43.2 Å². The van der Waals surface area contributed by atoms with E-state index in [9.17, 15) is 14.4 Å². The summed E-state index contributed by atoms with van der Waals surface area (Å²) < 4.78 is 0. The first kappa shape index (κ1) is 19.9. The summed E-state index contributed by atoms with van der Waals surface area (Å²) in [7, 11) is 0. The Hall–Kier alpha value is -2.37. The summed E-state index contributed by atoms with van der Waals surface area (Å²) in [6, 6.07) is 8.96. The minimum atomic E-state index is -0.875. The van der Waals surface area contributed by atoms with Crippen LogP contribution in [0.2, 0.25) is 0 Å². The first-order valence-corrected chi connectivity index (χ1v) is 9.32. The molecule has 142 valence electrons. The summed E-state index contributed by atoms with van der Waals surface area (Å²) in [5.74, 6) is -1.08. The standard InChI is InChI=1S/C20H28N2O4/c1-15(21-19(25)17-10-5-6-11-17)20(26)22(13-7-12-18(23)24)14-16-8-3-2-4-9-16/h2-4,8-9,15,17H,5-7,10-14H2,1H3,(H,21,25)(H,23,24). The van der Waals surface area contributed by atoms with Crippen LogP contribution in [0, 0.1) is 5.92 Å². The van der Waals surface area contributed by atoms with Gasteiger partial charge >= 0.3 is 5.97 Å². The summed E-state index contributed by atoms with van der Waals surface area (Å²) in [6.07, 6.45) is 4.31. The van der Waals surface area contributed by atoms with E-state index in [2.05, 4.69) is 5.32 Å². The van der Waals surface area contributed by atoms with Crippen molar-refractivity contribution in [1.29, 1.82) is 0 Å². The first-order chi connectivity index (χ1) is 12.5. The predicted molar refractivity (Wildman–Crippen MR) is 98.3 cm³/mol. The van der Waals surface area contributed by atoms with Gasteiger partial charge in [-0.3, -0.25) is 14.4 Å². The normalized spacial score (nSPS) is 15.4. The number of hydrogen-bond donors (Lipinski definition) is 2. The van der Waals surface area contributed by atoms with Crippen molar-refractivity contribution in [3.8, 4) is 0 Å². The van der Waals surface area contributed by atoms with Gasteiger partial charge < -0.3 is 15.3 Å². The molecule has 6 heteroatoms. The highest BCUT2D eigenvalue weighted by atomic mass is 16.4. The summed E-state index contributed by atoms with van der Waals surface area (Å²) >= 11 is 0. The fraction of sp³-hybridized carbons (Fsp3) is 0.550. The van der Waals surface area contributed by atoms with Gasteiger partial charge in [-0.05, 0) is 31.7 Å². The number of nitrogens with zero attached hydrogens (tertiary/aromatic N) is 1. The van der Waals surface area contributed by atoms with Crippen molar-refractivity contribution in [2.45, 2.75) is 58.0 Å². The molecule has 0 saturated heterocycles. The van der Waals surface area contributed by atoms with Crippen LogP contribution in [-0.4, -0.2) is 40.4 Å². The number of nitrogens with one attached hydrogen (secondary N) is 1. The van der Waals surface area contributed by atoms with Crippen molar-refractivity contribution < 1.29 is 19.5 Å². The SMILES string of the molecule is CC(NC(=O)C1CCCC1)C(=O)N(CCCC(=O)O)Cc1ccccc1. The van der Waals surface area contributed by atoms with Gasteiger partial charge in [0.25, 0.3) is 0 Å². The van der Waals surface area contributed by atoms with E-state index in [0.29, 0.717) is 19.5 Å². The minimum absolute atomic E-state index is 0.0137. The molecule has 1 aliphatic rings. The van der Waals surface area contributed by atoms with E-state index in [4.69, 9.17) is 5.11 Å². The Balaban J connectivity index is 1.97. The van der Waals surface area contributed by atoms with E-state index in [1.165, 1.54) is 0 Å². The second-order valence-corrected chi connectivity index (χ2v) is 6.95. The molecule has 1 aromatic carbocycles. The van der Waals surface area contributed by atoms with Gasteiger partial charge in [-0.2, -0.15) is 0 Å². The molecule has 0 bridgehead atoms. The molecular formula is C20H28N2O4. The van der Waals surface area contributed by atoms with Crippen LogP contribution in [0.25, 0.3) is 0 Å². The van der Waals surface area contributed by atoms with Crippen LogP contribution in [0.3, 0.4) is 0 Å². The van der Waals surface area contributed by atoms with Crippen LogP contribution in [0.5, 0.6) is 0 Å². The van der Waals surface area contributed by atoms with Crippen LogP contribution in [0.1, 0.15) is 51.0 Å². The highest BCUT2D eigenvalue weighted by molar-refractivity contribution is 5.88. The molecule has 1 atom stereocenters. The Morgan fingerprint density at radius 1 is 1.19 bits per heavy atom. The van der Waals surface area contributed by atoms with Crippen molar-refractivity contribution in [3.63, 3.8) is 0 Å². The topological polar surface area (TPSA) is 86.7 Å². The zero-order chi connectivity index (χ0) is 18.9. The molecule has 6 nitrogen and oxygen atoms in total. The first-order valence-electron chi connectivity index (χ1n) is 9.32. The second-order valence-electron chi connectivity index (χ2n) is 6.95. The molecule has 0 radical (unpaired) electrons. The van der Waals surface area contributed by atoms with Crippen molar-refractivity contribution >= 4 is 17.8 Å². The molecule has 1 aliphatic carbocycles. The Kier molecular flexibility index (Phi) is 7.63. The van der Waals surface area contributed by atoms with Crippen molar-refractivity contribution in [2.24, 2.45) is 5.92 Å². The largest absolute Gasteiger partial charge is 0.481 e. The number of carboxylic acids is 1. The second kappa shape index (κ2) is 9.94. The maximum absolute atomic E-state index is 12.8. The van der Waals surface area contributed by atoms with Gasteiger partial charge in [0.2, 0.25) is 11.8 Å². The van der Waals surface area contributed by atoms with E-state index < -0.39 is 12.0 Å². The molecule has 0 spiro atoms. The number of aliphatic carboxylic acids is 1. The third kappa shape index (κ3) is 6.17. The van der Waals surface area contributed by atoms with Crippen LogP contribution in [0.4, 0.5) is 0 Å². The molecule has 2 amide bonds. The monoisotopic (exact) mass is 360 g/mol. The Morgan fingerprint density at radius 3 is 2.46 bits per heavy atom. The lowest BCUT2D eigenvalue weighted by molar-refractivity contribution is -0.139. The Labute approximate surface area is 154 Å². The number of carboxylic acid groups (broad SMARTS) is 1. The van der Waals surface area contributed by atoms with E-state index in [-0.39, 0.29) is 24.2 Å². The number of carbonyl (C=O) groups excluding carboxylic acids is 2. The molecule has 1 aromatic rings.